The summed E-state index contributed by atoms with van der Waals surface area (Å²) in [5.41, 5.74) is 2.62. The number of fused-ring (bicyclic) bond motifs is 2. The van der Waals surface area contributed by atoms with E-state index in [9.17, 15) is 4.79 Å². The van der Waals surface area contributed by atoms with Crippen LogP contribution in [-0.4, -0.2) is 32.1 Å². The number of benzene rings is 1. The maximum Gasteiger partial charge on any atom is 0.292 e. The van der Waals surface area contributed by atoms with Gasteiger partial charge in [-0.3, -0.25) is 4.79 Å². The predicted molar refractivity (Wildman–Crippen MR) is 87.1 cm³/mol. The minimum absolute atomic E-state index is 0.0300. The van der Waals surface area contributed by atoms with E-state index >= 15 is 0 Å². The number of hydrogen-bond donors (Lipinski definition) is 0. The van der Waals surface area contributed by atoms with Crippen molar-refractivity contribution in [2.45, 2.75) is 51.6 Å². The van der Waals surface area contributed by atoms with Gasteiger partial charge in [0.2, 0.25) is 5.82 Å². The molecule has 0 aliphatic carbocycles. The number of amides is 1. The zero-order valence-corrected chi connectivity index (χ0v) is 13.4. The highest BCUT2D eigenvalue weighted by molar-refractivity contribution is 5.90. The first kappa shape index (κ1) is 14.4. The Morgan fingerprint density at radius 3 is 2.70 bits per heavy atom. The number of carbonyl (C=O) groups is 1. The summed E-state index contributed by atoms with van der Waals surface area (Å²) < 4.78 is 2.05. The smallest absolute Gasteiger partial charge is 0.292 e. The van der Waals surface area contributed by atoms with E-state index in [-0.39, 0.29) is 5.91 Å². The van der Waals surface area contributed by atoms with Crippen LogP contribution in [0, 0.1) is 0 Å². The summed E-state index contributed by atoms with van der Waals surface area (Å²) in [6, 6.07) is 8.43. The third-order valence-electron chi connectivity index (χ3n) is 4.94. The number of rotatable bonds is 1. The first-order valence-corrected chi connectivity index (χ1v) is 8.61. The van der Waals surface area contributed by atoms with Crippen molar-refractivity contribution in [3.8, 4) is 0 Å². The van der Waals surface area contributed by atoms with Crippen LogP contribution in [0.5, 0.6) is 0 Å². The normalized spacial score (nSPS) is 17.8. The second-order valence-corrected chi connectivity index (χ2v) is 6.50. The largest absolute Gasteiger partial charge is 0.332 e. The van der Waals surface area contributed by atoms with Gasteiger partial charge in [0.05, 0.1) is 0 Å². The molecule has 0 spiro atoms. The summed E-state index contributed by atoms with van der Waals surface area (Å²) in [6.45, 7) is 2.33. The quantitative estimate of drug-likeness (QED) is 0.813. The van der Waals surface area contributed by atoms with Crippen molar-refractivity contribution in [1.82, 2.24) is 19.7 Å². The monoisotopic (exact) mass is 310 g/mol. The third kappa shape index (κ3) is 2.76. The molecule has 0 atom stereocenters. The fourth-order valence-corrected chi connectivity index (χ4v) is 3.66. The highest BCUT2D eigenvalue weighted by Gasteiger charge is 2.26. The number of aromatic nitrogens is 3. The molecule has 5 heteroatoms. The zero-order chi connectivity index (χ0) is 15.6. The lowest BCUT2D eigenvalue weighted by molar-refractivity contribution is 0.0727. The van der Waals surface area contributed by atoms with Crippen LogP contribution in [0.25, 0.3) is 0 Å². The lowest BCUT2D eigenvalue weighted by Crippen LogP contribution is -2.33. The second kappa shape index (κ2) is 6.14. The van der Waals surface area contributed by atoms with E-state index in [0.29, 0.717) is 12.4 Å². The molecule has 0 saturated carbocycles. The molecular weight excluding hydrogens is 288 g/mol. The van der Waals surface area contributed by atoms with Crippen LogP contribution >= 0.6 is 0 Å². The lowest BCUT2D eigenvalue weighted by atomic mass is 10.0. The van der Waals surface area contributed by atoms with E-state index in [2.05, 4.69) is 34.5 Å². The van der Waals surface area contributed by atoms with Gasteiger partial charge in [-0.25, -0.2) is 0 Å². The molecule has 1 amide bonds. The van der Waals surface area contributed by atoms with Gasteiger partial charge in [0.1, 0.15) is 5.82 Å². The van der Waals surface area contributed by atoms with Crippen LogP contribution in [0.1, 0.15) is 53.3 Å². The predicted octanol–water partition coefficient (Wildman–Crippen LogP) is 2.59. The molecule has 2 aromatic rings. The number of nitrogens with zero attached hydrogens (tertiary/aromatic N) is 4. The second-order valence-electron chi connectivity index (χ2n) is 6.50. The Hall–Kier alpha value is -2.17. The van der Waals surface area contributed by atoms with Crippen molar-refractivity contribution >= 4 is 5.91 Å². The molecule has 120 valence electrons. The summed E-state index contributed by atoms with van der Waals surface area (Å²) in [4.78, 5) is 14.9. The van der Waals surface area contributed by atoms with Crippen molar-refractivity contribution in [2.75, 3.05) is 6.54 Å². The summed E-state index contributed by atoms with van der Waals surface area (Å²) in [5.74, 6) is 1.53. The SMILES string of the molecule is O=C(c1nnc2n1CCCCC2)N1CCCc2ccccc2C1. The number of carbonyl (C=O) groups excluding carboxylic acids is 1. The third-order valence-corrected chi connectivity index (χ3v) is 4.94. The Labute approximate surface area is 136 Å². The van der Waals surface area contributed by atoms with Crippen LogP contribution in [0.2, 0.25) is 0 Å². The molecule has 1 aromatic heterocycles. The minimum Gasteiger partial charge on any atom is -0.332 e. The molecule has 3 heterocycles. The first-order valence-electron chi connectivity index (χ1n) is 8.61. The van der Waals surface area contributed by atoms with Gasteiger partial charge in [-0.15, -0.1) is 10.2 Å². The van der Waals surface area contributed by atoms with E-state index in [0.717, 1.165) is 51.0 Å². The molecule has 0 saturated heterocycles. The van der Waals surface area contributed by atoms with Gasteiger partial charge in [0.25, 0.3) is 5.91 Å². The van der Waals surface area contributed by atoms with Crippen molar-refractivity contribution in [3.63, 3.8) is 0 Å². The summed E-state index contributed by atoms with van der Waals surface area (Å²) in [7, 11) is 0. The number of hydrogen-bond acceptors (Lipinski definition) is 3. The molecule has 1 aromatic carbocycles. The molecule has 4 rings (SSSR count). The van der Waals surface area contributed by atoms with Gasteiger partial charge in [0, 0.05) is 26.1 Å². The highest BCUT2D eigenvalue weighted by Crippen LogP contribution is 2.21. The van der Waals surface area contributed by atoms with Crippen molar-refractivity contribution < 1.29 is 4.79 Å². The first-order chi connectivity index (χ1) is 11.3. The van der Waals surface area contributed by atoms with Gasteiger partial charge < -0.3 is 9.47 Å². The minimum atomic E-state index is 0.0300. The molecule has 2 aliphatic heterocycles. The molecule has 5 nitrogen and oxygen atoms in total. The fourth-order valence-electron chi connectivity index (χ4n) is 3.66. The van der Waals surface area contributed by atoms with Gasteiger partial charge in [-0.05, 0) is 36.8 Å². The highest BCUT2D eigenvalue weighted by atomic mass is 16.2. The number of aryl methyl sites for hydroxylation is 2. The van der Waals surface area contributed by atoms with E-state index < -0.39 is 0 Å². The molecular formula is C18H22N4O. The van der Waals surface area contributed by atoms with Crippen molar-refractivity contribution in [2.24, 2.45) is 0 Å². The van der Waals surface area contributed by atoms with E-state index in [4.69, 9.17) is 0 Å². The zero-order valence-electron chi connectivity index (χ0n) is 13.4. The maximum atomic E-state index is 13.0. The maximum absolute atomic E-state index is 13.0. The Kier molecular flexibility index (Phi) is 3.85. The van der Waals surface area contributed by atoms with Crippen LogP contribution in [0.3, 0.4) is 0 Å². The molecule has 0 fully saturated rings. The average molecular weight is 310 g/mol. The van der Waals surface area contributed by atoms with E-state index in [1.165, 1.54) is 17.5 Å². The fraction of sp³-hybridized carbons (Fsp3) is 0.500. The molecule has 2 aliphatic rings. The van der Waals surface area contributed by atoms with E-state index in [1.54, 1.807) is 0 Å². The van der Waals surface area contributed by atoms with Gasteiger partial charge in [0.15, 0.2) is 0 Å². The molecule has 0 bridgehead atoms. The van der Waals surface area contributed by atoms with Crippen LogP contribution < -0.4 is 0 Å². The Morgan fingerprint density at radius 1 is 0.913 bits per heavy atom. The molecule has 0 N–H and O–H groups in total. The van der Waals surface area contributed by atoms with E-state index in [1.807, 2.05) is 9.47 Å². The Balaban J connectivity index is 1.61. The molecule has 23 heavy (non-hydrogen) atoms. The summed E-state index contributed by atoms with van der Waals surface area (Å²) >= 11 is 0. The van der Waals surface area contributed by atoms with Gasteiger partial charge in [-0.1, -0.05) is 30.7 Å². The van der Waals surface area contributed by atoms with Gasteiger partial charge >= 0.3 is 0 Å². The van der Waals surface area contributed by atoms with Crippen molar-refractivity contribution in [3.05, 3.63) is 47.0 Å². The van der Waals surface area contributed by atoms with Crippen LogP contribution in [-0.2, 0) is 25.9 Å². The van der Waals surface area contributed by atoms with Crippen molar-refractivity contribution in [1.29, 1.82) is 0 Å². The Morgan fingerprint density at radius 2 is 1.78 bits per heavy atom. The van der Waals surface area contributed by atoms with Crippen LogP contribution in [0.4, 0.5) is 0 Å². The molecule has 0 radical (unpaired) electrons. The standard InChI is InChI=1S/C18H22N4O/c23-18(17-20-19-16-10-2-1-5-12-22(16)17)21-11-6-9-14-7-3-4-8-15(14)13-21/h3-4,7-8H,1-2,5-6,9-13H2. The van der Waals surface area contributed by atoms with Gasteiger partial charge in [-0.2, -0.15) is 0 Å². The topological polar surface area (TPSA) is 51.0 Å². The lowest BCUT2D eigenvalue weighted by Gasteiger charge is -2.20. The summed E-state index contributed by atoms with van der Waals surface area (Å²) in [5, 5.41) is 8.49. The summed E-state index contributed by atoms with van der Waals surface area (Å²) in [6.07, 6.45) is 6.43. The Bertz CT molecular complexity index is 722. The molecule has 0 unspecified atom stereocenters. The average Bonchev–Trinajstić information content (AvgIpc) is 2.76. The van der Waals surface area contributed by atoms with Crippen LogP contribution in [0.15, 0.2) is 24.3 Å².